The summed E-state index contributed by atoms with van der Waals surface area (Å²) in [5.74, 6) is 0.612. The van der Waals surface area contributed by atoms with Crippen LogP contribution in [0.5, 0.6) is 11.6 Å². The number of aliphatic carboxylic acids is 1. The maximum Gasteiger partial charge on any atom is 0.408 e. The van der Waals surface area contributed by atoms with E-state index in [-0.39, 0.29) is 12.2 Å². The highest BCUT2D eigenvalue weighted by atomic mass is 16.6. The molecule has 2 heterocycles. The molecule has 0 radical (unpaired) electrons. The molecule has 2 aromatic rings. The van der Waals surface area contributed by atoms with Gasteiger partial charge in [0.15, 0.2) is 0 Å². The largest absolute Gasteiger partial charge is 0.497 e. The van der Waals surface area contributed by atoms with Crippen LogP contribution in [0.1, 0.15) is 71.9 Å². The zero-order valence-electron chi connectivity index (χ0n) is 23.7. The van der Waals surface area contributed by atoms with Crippen LogP contribution in [-0.2, 0) is 16.0 Å². The highest BCUT2D eigenvalue weighted by molar-refractivity contribution is 5.80. The second-order valence-electron chi connectivity index (χ2n) is 11.9. The lowest BCUT2D eigenvalue weighted by atomic mass is 9.87. The molecule has 1 aliphatic carbocycles. The Morgan fingerprint density at radius 3 is 2.62 bits per heavy atom. The molecule has 10 nitrogen and oxygen atoms in total. The Kier molecular flexibility index (Phi) is 9.15. The molecule has 4 rings (SSSR count). The Morgan fingerprint density at radius 1 is 1.15 bits per heavy atom. The maximum atomic E-state index is 12.2. The van der Waals surface area contributed by atoms with Gasteiger partial charge in [0.2, 0.25) is 5.88 Å². The number of aryl methyl sites for hydroxylation is 1. The molecule has 1 saturated heterocycles. The Labute approximate surface area is 230 Å². The van der Waals surface area contributed by atoms with Gasteiger partial charge in [-0.1, -0.05) is 33.6 Å². The summed E-state index contributed by atoms with van der Waals surface area (Å²) < 4.78 is 17.1. The van der Waals surface area contributed by atoms with Crippen LogP contribution >= 0.6 is 0 Å². The molecular formula is C29H42N4O6. The number of hydrogen-bond donors (Lipinski definition) is 3. The van der Waals surface area contributed by atoms with Gasteiger partial charge in [-0.25, -0.2) is 19.6 Å². The number of amides is 1. The van der Waals surface area contributed by atoms with Crippen molar-refractivity contribution in [3.05, 3.63) is 23.9 Å². The lowest BCUT2D eigenvalue weighted by Gasteiger charge is -2.27. The molecule has 1 aromatic carbocycles. The molecule has 5 atom stereocenters. The van der Waals surface area contributed by atoms with Gasteiger partial charge in [-0.05, 0) is 56.1 Å². The summed E-state index contributed by atoms with van der Waals surface area (Å²) in [5.41, 5.74) is 1.85. The van der Waals surface area contributed by atoms with E-state index < -0.39 is 23.5 Å². The number of nitrogens with one attached hydrogen (secondary N) is 2. The van der Waals surface area contributed by atoms with E-state index in [1.54, 1.807) is 27.9 Å². The van der Waals surface area contributed by atoms with E-state index in [1.165, 1.54) is 0 Å². The summed E-state index contributed by atoms with van der Waals surface area (Å²) in [5, 5.41) is 15.3. The number of aromatic nitrogens is 2. The van der Waals surface area contributed by atoms with Gasteiger partial charge in [-0.3, -0.25) is 0 Å². The number of unbranched alkanes of at least 4 members (excludes halogenated alkanes) is 2. The quantitative estimate of drug-likeness (QED) is 0.332. The van der Waals surface area contributed by atoms with Gasteiger partial charge in [0.25, 0.3) is 0 Å². The average molecular weight is 543 g/mol. The molecule has 214 valence electrons. The number of carbonyl (C=O) groups is 2. The summed E-state index contributed by atoms with van der Waals surface area (Å²) in [6.45, 7) is 8.27. The van der Waals surface area contributed by atoms with E-state index in [9.17, 15) is 14.7 Å². The minimum Gasteiger partial charge on any atom is -0.497 e. The number of nitrogens with zero attached hydrogens (tertiary/aromatic N) is 2. The fourth-order valence-corrected chi connectivity index (χ4v) is 5.06. The summed E-state index contributed by atoms with van der Waals surface area (Å²) in [6, 6.07) is 5.13. The Hall–Kier alpha value is -3.14. The van der Waals surface area contributed by atoms with E-state index >= 15 is 0 Å². The summed E-state index contributed by atoms with van der Waals surface area (Å²) in [7, 11) is 1.64. The van der Waals surface area contributed by atoms with Crippen molar-refractivity contribution in [1.82, 2.24) is 20.6 Å². The first kappa shape index (κ1) is 28.9. The molecule has 1 saturated carbocycles. The van der Waals surface area contributed by atoms with Crippen molar-refractivity contribution in [2.75, 3.05) is 13.7 Å². The number of methoxy groups -OCH3 is 1. The van der Waals surface area contributed by atoms with Crippen LogP contribution in [0.15, 0.2) is 18.2 Å². The molecule has 1 aromatic heterocycles. The highest BCUT2D eigenvalue weighted by Gasteiger charge is 2.41. The first-order valence-corrected chi connectivity index (χ1v) is 14.0. The number of benzene rings is 1. The van der Waals surface area contributed by atoms with E-state index in [2.05, 4.69) is 17.6 Å². The van der Waals surface area contributed by atoms with Crippen LogP contribution < -0.4 is 20.1 Å². The van der Waals surface area contributed by atoms with Gasteiger partial charge in [0, 0.05) is 25.1 Å². The van der Waals surface area contributed by atoms with Crippen molar-refractivity contribution < 1.29 is 28.9 Å². The SMILES string of the molecule is COc1ccc2nc(CCCCC[C@@H]3C[C@H]3OC(=O)N[C@H](C(=O)O)C(C)(C)C)c(O[C@H]3CN[C@H](C)C3)nc2c1. The predicted octanol–water partition coefficient (Wildman–Crippen LogP) is 4.48. The molecular weight excluding hydrogens is 500 g/mol. The zero-order chi connectivity index (χ0) is 28.2. The maximum absolute atomic E-state index is 12.2. The van der Waals surface area contributed by atoms with Gasteiger partial charge in [0.1, 0.15) is 29.7 Å². The molecule has 1 amide bonds. The van der Waals surface area contributed by atoms with Crippen LogP contribution in [0.4, 0.5) is 4.79 Å². The fourth-order valence-electron chi connectivity index (χ4n) is 5.06. The van der Waals surface area contributed by atoms with Crippen LogP contribution in [-0.4, -0.2) is 65.1 Å². The topological polar surface area (TPSA) is 132 Å². The van der Waals surface area contributed by atoms with E-state index in [0.717, 1.165) is 74.0 Å². The standard InChI is InChI=1S/C29H42N4O6/c1-17-13-20(16-30-17)38-26-22(31-21-12-11-19(37-5)15-23(21)32-26)10-8-6-7-9-18-14-24(18)39-28(36)33-25(27(34)35)29(2,3)4/h11-12,15,17-18,20,24-25,30H,6-10,13-14,16H2,1-5H3,(H,33,36)(H,34,35)/t17-,18-,20-,24-,25-/m1/s1. The molecule has 2 fully saturated rings. The number of carboxylic acid groups (broad SMARTS) is 1. The third kappa shape index (κ3) is 7.94. The molecule has 0 spiro atoms. The minimum atomic E-state index is -1.06. The van der Waals surface area contributed by atoms with Crippen molar-refractivity contribution in [3.63, 3.8) is 0 Å². The molecule has 3 N–H and O–H groups in total. The van der Waals surface area contributed by atoms with E-state index in [4.69, 9.17) is 24.2 Å². The molecule has 2 aliphatic rings. The normalized spacial score (nSPS) is 23.3. The Bertz CT molecular complexity index is 1170. The number of hydrogen-bond acceptors (Lipinski definition) is 8. The van der Waals surface area contributed by atoms with Gasteiger partial charge in [-0.2, -0.15) is 0 Å². The zero-order valence-corrected chi connectivity index (χ0v) is 23.7. The number of rotatable bonds is 12. The van der Waals surface area contributed by atoms with Crippen molar-refractivity contribution >= 4 is 23.1 Å². The van der Waals surface area contributed by atoms with Gasteiger partial charge < -0.3 is 30.0 Å². The first-order chi connectivity index (χ1) is 18.5. The monoisotopic (exact) mass is 542 g/mol. The predicted molar refractivity (Wildman–Crippen MR) is 147 cm³/mol. The lowest BCUT2D eigenvalue weighted by molar-refractivity contribution is -0.142. The van der Waals surface area contributed by atoms with E-state index in [0.29, 0.717) is 17.8 Å². The molecule has 39 heavy (non-hydrogen) atoms. The fraction of sp³-hybridized carbons (Fsp3) is 0.655. The lowest BCUT2D eigenvalue weighted by Crippen LogP contribution is -2.49. The number of carbonyl (C=O) groups excluding carboxylic acids is 1. The summed E-state index contributed by atoms with van der Waals surface area (Å²) in [4.78, 5) is 33.4. The van der Waals surface area contributed by atoms with Gasteiger partial charge >= 0.3 is 12.1 Å². The Morgan fingerprint density at radius 2 is 1.95 bits per heavy atom. The molecule has 10 heteroatoms. The molecule has 0 unspecified atom stereocenters. The highest BCUT2D eigenvalue weighted by Crippen LogP contribution is 2.38. The third-order valence-electron chi connectivity index (χ3n) is 7.48. The molecule has 1 aliphatic heterocycles. The number of carboxylic acids is 1. The van der Waals surface area contributed by atoms with Gasteiger partial charge in [-0.15, -0.1) is 0 Å². The van der Waals surface area contributed by atoms with Crippen LogP contribution in [0, 0.1) is 11.3 Å². The van der Waals surface area contributed by atoms with Crippen LogP contribution in [0.2, 0.25) is 0 Å². The Balaban J connectivity index is 1.25. The van der Waals surface area contributed by atoms with Gasteiger partial charge in [0.05, 0.1) is 18.1 Å². The molecule has 0 bridgehead atoms. The minimum absolute atomic E-state index is 0.0780. The second-order valence-corrected chi connectivity index (χ2v) is 11.9. The van der Waals surface area contributed by atoms with Crippen LogP contribution in [0.25, 0.3) is 11.0 Å². The van der Waals surface area contributed by atoms with Crippen LogP contribution in [0.3, 0.4) is 0 Å². The third-order valence-corrected chi connectivity index (χ3v) is 7.48. The van der Waals surface area contributed by atoms with Crippen molar-refractivity contribution in [2.24, 2.45) is 11.3 Å². The smallest absolute Gasteiger partial charge is 0.408 e. The number of alkyl carbamates (subject to hydrolysis) is 1. The van der Waals surface area contributed by atoms with Crippen molar-refractivity contribution in [3.8, 4) is 11.6 Å². The average Bonchev–Trinajstić information content (AvgIpc) is 3.47. The number of ether oxygens (including phenoxy) is 3. The van der Waals surface area contributed by atoms with Crippen molar-refractivity contribution in [1.29, 1.82) is 0 Å². The first-order valence-electron chi connectivity index (χ1n) is 14.0. The summed E-state index contributed by atoms with van der Waals surface area (Å²) in [6.07, 6.45) is 5.79. The number of fused-ring (bicyclic) bond motifs is 1. The van der Waals surface area contributed by atoms with Crippen molar-refractivity contribution in [2.45, 2.75) is 96.9 Å². The van der Waals surface area contributed by atoms with E-state index in [1.807, 2.05) is 18.2 Å². The summed E-state index contributed by atoms with van der Waals surface area (Å²) >= 11 is 0. The second kappa shape index (κ2) is 12.4.